The quantitative estimate of drug-likeness (QED) is 0.168. The lowest BCUT2D eigenvalue weighted by molar-refractivity contribution is -0.127. The maximum absolute atomic E-state index is 12.9. The number of hydrogen-bond donors (Lipinski definition) is 5. The van der Waals surface area contributed by atoms with Crippen LogP contribution in [0.2, 0.25) is 0 Å². The Morgan fingerprint density at radius 2 is 1.50 bits per heavy atom. The fourth-order valence-corrected chi connectivity index (χ4v) is 4.87. The van der Waals surface area contributed by atoms with Crippen LogP contribution >= 0.6 is 0 Å². The summed E-state index contributed by atoms with van der Waals surface area (Å²) in [4.78, 5) is 25.2. The molecule has 1 atom stereocenters. The SMILES string of the molecule is N=C(N)c1ccc(CNC(=O)CNC(=O)[C@@H](CC=Cc2ccccc2)NS(=O)(=O)Cc2ccccc2)cc1. The largest absolute Gasteiger partial charge is 0.384 e. The van der Waals surface area contributed by atoms with E-state index in [1.54, 1.807) is 66.7 Å². The second-order valence-corrected chi connectivity index (χ2v) is 10.3. The third kappa shape index (κ3) is 9.64. The number of nitrogen functional groups attached to an aromatic ring is 1. The van der Waals surface area contributed by atoms with Crippen LogP contribution < -0.4 is 21.1 Å². The third-order valence-corrected chi connectivity index (χ3v) is 6.85. The van der Waals surface area contributed by atoms with Crippen molar-refractivity contribution in [2.45, 2.75) is 24.8 Å². The number of sulfonamides is 1. The van der Waals surface area contributed by atoms with Gasteiger partial charge in [0.15, 0.2) is 0 Å². The van der Waals surface area contributed by atoms with Gasteiger partial charge in [-0.15, -0.1) is 0 Å². The number of benzene rings is 3. The van der Waals surface area contributed by atoms with Crippen molar-refractivity contribution in [2.75, 3.05) is 6.54 Å². The van der Waals surface area contributed by atoms with Gasteiger partial charge >= 0.3 is 0 Å². The Labute approximate surface area is 222 Å². The number of carbonyl (C=O) groups is 2. The molecule has 6 N–H and O–H groups in total. The number of amides is 2. The van der Waals surface area contributed by atoms with E-state index in [2.05, 4.69) is 15.4 Å². The lowest BCUT2D eigenvalue weighted by Gasteiger charge is -2.17. The maximum atomic E-state index is 12.9. The first kappa shape index (κ1) is 28.3. The Hall–Kier alpha value is -4.28. The molecule has 0 spiro atoms. The molecule has 0 heterocycles. The van der Waals surface area contributed by atoms with Crippen molar-refractivity contribution in [1.82, 2.24) is 15.4 Å². The van der Waals surface area contributed by atoms with E-state index in [0.29, 0.717) is 11.1 Å². The van der Waals surface area contributed by atoms with E-state index in [4.69, 9.17) is 11.1 Å². The molecule has 0 radical (unpaired) electrons. The smallest absolute Gasteiger partial charge is 0.239 e. The van der Waals surface area contributed by atoms with Gasteiger partial charge in [-0.3, -0.25) is 15.0 Å². The molecular formula is C28H31N5O4S. The van der Waals surface area contributed by atoms with E-state index in [1.807, 2.05) is 30.3 Å². The molecule has 0 saturated heterocycles. The van der Waals surface area contributed by atoms with Gasteiger partial charge < -0.3 is 16.4 Å². The summed E-state index contributed by atoms with van der Waals surface area (Å²) >= 11 is 0. The summed E-state index contributed by atoms with van der Waals surface area (Å²) in [6.45, 7) is -0.0937. The highest BCUT2D eigenvalue weighted by atomic mass is 32.2. The number of nitrogens with one attached hydrogen (secondary N) is 4. The van der Waals surface area contributed by atoms with Gasteiger partial charge in [0, 0.05) is 12.1 Å². The predicted octanol–water partition coefficient (Wildman–Crippen LogP) is 2.29. The van der Waals surface area contributed by atoms with E-state index in [1.165, 1.54) is 0 Å². The standard InChI is InChI=1S/C28H31N5O4S/c29-27(30)24-16-14-22(15-17-24)18-31-26(34)19-32-28(35)25(13-7-12-21-8-3-1-4-9-21)33-38(36,37)20-23-10-5-2-6-11-23/h1-12,14-17,25,33H,13,18-20H2,(H3,29,30)(H,31,34)(H,32,35)/t25-/m1/s1. The Balaban J connectivity index is 1.59. The number of nitrogens with two attached hydrogens (primary N) is 1. The summed E-state index contributed by atoms with van der Waals surface area (Å²) < 4.78 is 28.1. The average Bonchev–Trinajstić information content (AvgIpc) is 2.91. The molecule has 0 bridgehead atoms. The highest BCUT2D eigenvalue weighted by Gasteiger charge is 2.24. The highest BCUT2D eigenvalue weighted by Crippen LogP contribution is 2.08. The molecular weight excluding hydrogens is 502 g/mol. The molecule has 0 fully saturated rings. The molecule has 9 nitrogen and oxygen atoms in total. The van der Waals surface area contributed by atoms with Crippen molar-refractivity contribution in [3.8, 4) is 0 Å². The Morgan fingerprint density at radius 3 is 2.13 bits per heavy atom. The Kier molecular flexibility index (Phi) is 10.3. The third-order valence-electron chi connectivity index (χ3n) is 5.50. The summed E-state index contributed by atoms with van der Waals surface area (Å²) in [6, 6.07) is 23.8. The number of hydrogen-bond acceptors (Lipinski definition) is 5. The topological polar surface area (TPSA) is 154 Å². The first-order chi connectivity index (χ1) is 18.2. The van der Waals surface area contributed by atoms with Crippen LogP contribution in [0.3, 0.4) is 0 Å². The molecule has 3 aromatic carbocycles. The lowest BCUT2D eigenvalue weighted by Crippen LogP contribution is -2.48. The zero-order chi connectivity index (χ0) is 27.4. The second kappa shape index (κ2) is 13.9. The van der Waals surface area contributed by atoms with Crippen LogP contribution in [0.25, 0.3) is 6.08 Å². The lowest BCUT2D eigenvalue weighted by atomic mass is 10.1. The van der Waals surface area contributed by atoms with Crippen molar-refractivity contribution in [3.05, 3.63) is 113 Å². The molecule has 38 heavy (non-hydrogen) atoms. The van der Waals surface area contributed by atoms with Crippen LogP contribution in [0, 0.1) is 5.41 Å². The van der Waals surface area contributed by atoms with Gasteiger partial charge in [0.2, 0.25) is 21.8 Å². The first-order valence-corrected chi connectivity index (χ1v) is 13.6. The molecule has 10 heteroatoms. The summed E-state index contributed by atoms with van der Waals surface area (Å²) in [6.07, 6.45) is 3.62. The summed E-state index contributed by atoms with van der Waals surface area (Å²) in [7, 11) is -3.84. The molecule has 0 aliphatic rings. The van der Waals surface area contributed by atoms with Gasteiger partial charge in [-0.25, -0.2) is 13.1 Å². The van der Waals surface area contributed by atoms with E-state index >= 15 is 0 Å². The molecule has 3 aromatic rings. The van der Waals surface area contributed by atoms with Gasteiger partial charge in [0.25, 0.3) is 0 Å². The Morgan fingerprint density at radius 1 is 0.868 bits per heavy atom. The maximum Gasteiger partial charge on any atom is 0.239 e. The van der Waals surface area contributed by atoms with E-state index in [-0.39, 0.29) is 31.1 Å². The predicted molar refractivity (Wildman–Crippen MR) is 148 cm³/mol. The summed E-state index contributed by atoms with van der Waals surface area (Å²) in [5.74, 6) is -1.36. The van der Waals surface area contributed by atoms with Crippen molar-refractivity contribution in [3.63, 3.8) is 0 Å². The van der Waals surface area contributed by atoms with Gasteiger partial charge in [-0.1, -0.05) is 97.1 Å². The molecule has 0 aromatic heterocycles. The molecule has 0 aliphatic carbocycles. The second-order valence-electron chi connectivity index (χ2n) is 8.57. The van der Waals surface area contributed by atoms with E-state index < -0.39 is 27.9 Å². The minimum Gasteiger partial charge on any atom is -0.384 e. The van der Waals surface area contributed by atoms with Crippen LogP contribution in [-0.4, -0.2) is 38.7 Å². The van der Waals surface area contributed by atoms with Crippen LogP contribution in [0.1, 0.15) is 28.7 Å². The van der Waals surface area contributed by atoms with Crippen LogP contribution in [0.5, 0.6) is 0 Å². The van der Waals surface area contributed by atoms with E-state index in [0.717, 1.165) is 11.1 Å². The van der Waals surface area contributed by atoms with Gasteiger partial charge in [-0.2, -0.15) is 0 Å². The Bertz CT molecular complexity index is 1360. The number of carbonyl (C=O) groups excluding carboxylic acids is 2. The zero-order valence-corrected chi connectivity index (χ0v) is 21.6. The monoisotopic (exact) mass is 533 g/mol. The molecule has 0 aliphatic heterocycles. The van der Waals surface area contributed by atoms with Gasteiger partial charge in [0.1, 0.15) is 11.9 Å². The van der Waals surface area contributed by atoms with Crippen LogP contribution in [0.15, 0.2) is 91.0 Å². The van der Waals surface area contributed by atoms with Crippen molar-refractivity contribution in [2.24, 2.45) is 5.73 Å². The van der Waals surface area contributed by atoms with Crippen molar-refractivity contribution >= 4 is 33.7 Å². The average molecular weight is 534 g/mol. The van der Waals surface area contributed by atoms with Gasteiger partial charge in [0.05, 0.1) is 12.3 Å². The molecule has 0 saturated carbocycles. The molecule has 0 unspecified atom stereocenters. The van der Waals surface area contributed by atoms with Crippen molar-refractivity contribution < 1.29 is 18.0 Å². The fraction of sp³-hybridized carbons (Fsp3) is 0.179. The van der Waals surface area contributed by atoms with Crippen LogP contribution in [-0.2, 0) is 31.9 Å². The first-order valence-electron chi connectivity index (χ1n) is 11.9. The van der Waals surface area contributed by atoms with Crippen molar-refractivity contribution in [1.29, 1.82) is 5.41 Å². The van der Waals surface area contributed by atoms with Crippen LogP contribution in [0.4, 0.5) is 0 Å². The normalized spacial score (nSPS) is 12.1. The highest BCUT2D eigenvalue weighted by molar-refractivity contribution is 7.88. The number of rotatable bonds is 13. The zero-order valence-electron chi connectivity index (χ0n) is 20.8. The summed E-state index contributed by atoms with van der Waals surface area (Å²) in [5, 5.41) is 12.6. The fourth-order valence-electron chi connectivity index (χ4n) is 3.52. The molecule has 3 rings (SSSR count). The number of amidine groups is 1. The molecule has 2 amide bonds. The van der Waals surface area contributed by atoms with E-state index in [9.17, 15) is 18.0 Å². The molecule has 198 valence electrons. The summed E-state index contributed by atoms with van der Waals surface area (Å²) in [5.41, 5.74) is 8.32. The van der Waals surface area contributed by atoms with Gasteiger partial charge in [-0.05, 0) is 23.1 Å². The minimum atomic E-state index is -3.84. The minimum absolute atomic E-state index is 0.0455.